The Morgan fingerprint density at radius 1 is 1.52 bits per heavy atom. The molecule has 1 fully saturated rings. The van der Waals surface area contributed by atoms with Crippen molar-refractivity contribution in [3.63, 3.8) is 0 Å². The van der Waals surface area contributed by atoms with Gasteiger partial charge in [0.25, 0.3) is 5.69 Å². The van der Waals surface area contributed by atoms with Crippen LogP contribution in [0.25, 0.3) is 0 Å². The molecular weight excluding hydrogens is 272 g/mol. The fraction of sp³-hybridized carbons (Fsp3) is 0.533. The van der Waals surface area contributed by atoms with E-state index in [9.17, 15) is 14.9 Å². The molecule has 0 aromatic heterocycles. The predicted octanol–water partition coefficient (Wildman–Crippen LogP) is 0.953. The summed E-state index contributed by atoms with van der Waals surface area (Å²) in [7, 11) is 0. The highest BCUT2D eigenvalue weighted by Crippen LogP contribution is 2.13. The third-order valence-corrected chi connectivity index (χ3v) is 3.81. The molecule has 1 aliphatic heterocycles. The standard InChI is InChI=1S/C15H20N2O4/c1-2-21-15(18)13-6-4-8-16(11-13)10-12-5-3-7-14(9-12)17(19)20/h3,5,7,9,13H,2,4,6,8,10-11H2,1H3/p+1/t13-/m0/s1. The van der Waals surface area contributed by atoms with Crippen LogP contribution < -0.4 is 4.90 Å². The number of nitro groups is 1. The van der Waals surface area contributed by atoms with Crippen molar-refractivity contribution in [2.45, 2.75) is 26.3 Å². The Kier molecular flexibility index (Phi) is 5.27. The SMILES string of the molecule is CCOC(=O)[C@H]1CCC[NH+](Cc2cccc([N+](=O)[O-])c2)C1. The van der Waals surface area contributed by atoms with Crippen molar-refractivity contribution >= 4 is 11.7 Å². The van der Waals surface area contributed by atoms with Gasteiger partial charge in [-0.3, -0.25) is 14.9 Å². The van der Waals surface area contributed by atoms with E-state index in [0.717, 1.165) is 31.5 Å². The molecule has 0 amide bonds. The van der Waals surface area contributed by atoms with Crippen molar-refractivity contribution < 1.29 is 19.4 Å². The second-order valence-corrected chi connectivity index (χ2v) is 5.40. The van der Waals surface area contributed by atoms with Gasteiger partial charge in [0.2, 0.25) is 0 Å². The van der Waals surface area contributed by atoms with Gasteiger partial charge in [0.05, 0.1) is 24.6 Å². The van der Waals surface area contributed by atoms with Gasteiger partial charge < -0.3 is 9.64 Å². The highest BCUT2D eigenvalue weighted by Gasteiger charge is 2.29. The van der Waals surface area contributed by atoms with Gasteiger partial charge in [-0.1, -0.05) is 12.1 Å². The number of nitro benzene ring substituents is 1. The van der Waals surface area contributed by atoms with Crippen LogP contribution in [0.4, 0.5) is 5.69 Å². The van der Waals surface area contributed by atoms with Gasteiger partial charge in [0.15, 0.2) is 0 Å². The second kappa shape index (κ2) is 7.17. The molecule has 21 heavy (non-hydrogen) atoms. The fourth-order valence-corrected chi connectivity index (χ4v) is 2.84. The Morgan fingerprint density at radius 2 is 2.33 bits per heavy atom. The Morgan fingerprint density at radius 3 is 3.05 bits per heavy atom. The minimum atomic E-state index is -0.379. The van der Waals surface area contributed by atoms with Crippen LogP contribution in [0.5, 0.6) is 0 Å². The van der Waals surface area contributed by atoms with Gasteiger partial charge in [-0.25, -0.2) is 0 Å². The lowest BCUT2D eigenvalue weighted by atomic mass is 9.97. The number of esters is 1. The molecule has 0 radical (unpaired) electrons. The van der Waals surface area contributed by atoms with E-state index in [1.165, 1.54) is 11.0 Å². The van der Waals surface area contributed by atoms with Gasteiger partial charge in [-0.05, 0) is 19.8 Å². The molecule has 6 heteroatoms. The number of rotatable bonds is 5. The van der Waals surface area contributed by atoms with Crippen molar-refractivity contribution in [1.29, 1.82) is 0 Å². The lowest BCUT2D eigenvalue weighted by Crippen LogP contribution is -3.12. The van der Waals surface area contributed by atoms with Crippen LogP contribution in [-0.2, 0) is 16.1 Å². The summed E-state index contributed by atoms with van der Waals surface area (Å²) in [5, 5.41) is 10.8. The molecular formula is C15H21N2O4+. The van der Waals surface area contributed by atoms with Gasteiger partial charge in [0, 0.05) is 17.7 Å². The highest BCUT2D eigenvalue weighted by molar-refractivity contribution is 5.72. The summed E-state index contributed by atoms with van der Waals surface area (Å²) in [4.78, 5) is 23.5. The van der Waals surface area contributed by atoms with E-state index in [0.29, 0.717) is 13.2 Å². The minimum Gasteiger partial charge on any atom is -0.466 e. The Hall–Kier alpha value is -1.95. The minimum absolute atomic E-state index is 0.0487. The van der Waals surface area contributed by atoms with Crippen LogP contribution in [0.1, 0.15) is 25.3 Å². The quantitative estimate of drug-likeness (QED) is 0.498. The van der Waals surface area contributed by atoms with E-state index in [2.05, 4.69) is 0 Å². The van der Waals surface area contributed by atoms with E-state index in [1.54, 1.807) is 12.1 Å². The first-order valence-corrected chi connectivity index (χ1v) is 7.33. The van der Waals surface area contributed by atoms with E-state index in [1.807, 2.05) is 13.0 Å². The molecule has 1 heterocycles. The highest BCUT2D eigenvalue weighted by atomic mass is 16.6. The first-order valence-electron chi connectivity index (χ1n) is 7.33. The van der Waals surface area contributed by atoms with E-state index < -0.39 is 0 Å². The number of ether oxygens (including phenoxy) is 1. The summed E-state index contributed by atoms with van der Waals surface area (Å²) in [5.74, 6) is -0.166. The molecule has 0 bridgehead atoms. The maximum Gasteiger partial charge on any atom is 0.314 e. The maximum atomic E-state index is 11.8. The normalized spacial score (nSPS) is 21.8. The summed E-state index contributed by atoms with van der Waals surface area (Å²) in [6, 6.07) is 6.71. The number of carbonyl (C=O) groups is 1. The topological polar surface area (TPSA) is 73.9 Å². The van der Waals surface area contributed by atoms with E-state index >= 15 is 0 Å². The number of likely N-dealkylation sites (tertiary alicyclic amines) is 1. The fourth-order valence-electron chi connectivity index (χ4n) is 2.84. The molecule has 1 N–H and O–H groups in total. The number of quaternary nitrogens is 1. The average molecular weight is 293 g/mol. The zero-order chi connectivity index (χ0) is 15.2. The van der Waals surface area contributed by atoms with Gasteiger partial charge >= 0.3 is 5.97 Å². The molecule has 1 aromatic rings. The summed E-state index contributed by atoms with van der Waals surface area (Å²) in [6.07, 6.45) is 1.85. The van der Waals surface area contributed by atoms with Gasteiger partial charge in [-0.2, -0.15) is 0 Å². The molecule has 1 aromatic carbocycles. The van der Waals surface area contributed by atoms with Gasteiger partial charge in [0.1, 0.15) is 12.5 Å². The average Bonchev–Trinajstić information content (AvgIpc) is 2.48. The van der Waals surface area contributed by atoms with Crippen LogP contribution in [0.3, 0.4) is 0 Å². The monoisotopic (exact) mass is 293 g/mol. The second-order valence-electron chi connectivity index (χ2n) is 5.40. The van der Waals surface area contributed by atoms with Crippen molar-refractivity contribution in [2.24, 2.45) is 5.92 Å². The molecule has 0 saturated carbocycles. The number of nitrogens with zero attached hydrogens (tertiary/aromatic N) is 1. The number of hydrogen-bond acceptors (Lipinski definition) is 4. The molecule has 0 aliphatic carbocycles. The summed E-state index contributed by atoms with van der Waals surface area (Å²) >= 11 is 0. The number of piperidine rings is 1. The number of non-ortho nitro benzene ring substituents is 1. The van der Waals surface area contributed by atoms with Crippen molar-refractivity contribution in [2.75, 3.05) is 19.7 Å². The number of hydrogen-bond donors (Lipinski definition) is 1. The Balaban J connectivity index is 1.97. The summed E-state index contributed by atoms with van der Waals surface area (Å²) in [6.45, 7) is 4.65. The van der Waals surface area contributed by atoms with Crippen LogP contribution in [0.2, 0.25) is 0 Å². The van der Waals surface area contributed by atoms with Crippen LogP contribution in [0, 0.1) is 16.0 Å². The Bertz CT molecular complexity index is 518. The van der Waals surface area contributed by atoms with Crippen molar-refractivity contribution in [3.05, 3.63) is 39.9 Å². The smallest absolute Gasteiger partial charge is 0.314 e. The number of benzene rings is 1. The summed E-state index contributed by atoms with van der Waals surface area (Å²) in [5.41, 5.74) is 1.05. The maximum absolute atomic E-state index is 11.8. The molecule has 6 nitrogen and oxygen atoms in total. The van der Waals surface area contributed by atoms with Crippen molar-refractivity contribution in [1.82, 2.24) is 0 Å². The third-order valence-electron chi connectivity index (χ3n) is 3.81. The van der Waals surface area contributed by atoms with Crippen LogP contribution in [-0.4, -0.2) is 30.6 Å². The molecule has 1 unspecified atom stereocenters. The lowest BCUT2D eigenvalue weighted by molar-refractivity contribution is -0.921. The Labute approximate surface area is 123 Å². The zero-order valence-electron chi connectivity index (χ0n) is 12.2. The molecule has 2 atom stereocenters. The number of carbonyl (C=O) groups excluding carboxylic acids is 1. The lowest BCUT2D eigenvalue weighted by Gasteiger charge is -2.28. The van der Waals surface area contributed by atoms with Crippen LogP contribution >= 0.6 is 0 Å². The summed E-state index contributed by atoms with van der Waals surface area (Å²) < 4.78 is 5.09. The molecule has 114 valence electrons. The molecule has 1 aliphatic rings. The first kappa shape index (κ1) is 15.4. The predicted molar refractivity (Wildman–Crippen MR) is 76.9 cm³/mol. The zero-order valence-corrected chi connectivity index (χ0v) is 12.2. The van der Waals surface area contributed by atoms with E-state index in [4.69, 9.17) is 4.74 Å². The number of nitrogens with one attached hydrogen (secondary N) is 1. The van der Waals surface area contributed by atoms with E-state index in [-0.39, 0.29) is 22.5 Å². The molecule has 1 saturated heterocycles. The molecule has 0 spiro atoms. The van der Waals surface area contributed by atoms with Crippen LogP contribution in [0.15, 0.2) is 24.3 Å². The first-order chi connectivity index (χ1) is 10.1. The molecule has 2 rings (SSSR count). The third kappa shape index (κ3) is 4.26. The van der Waals surface area contributed by atoms with Crippen molar-refractivity contribution in [3.8, 4) is 0 Å². The largest absolute Gasteiger partial charge is 0.466 e. The van der Waals surface area contributed by atoms with Gasteiger partial charge in [-0.15, -0.1) is 0 Å².